The summed E-state index contributed by atoms with van der Waals surface area (Å²) in [6.07, 6.45) is 5.06. The molecular weight excluding hydrogens is 298 g/mol. The van der Waals surface area contributed by atoms with E-state index in [9.17, 15) is 4.79 Å². The first-order valence-corrected chi connectivity index (χ1v) is 9.02. The molecule has 126 valence electrons. The fourth-order valence-corrected chi connectivity index (χ4v) is 4.83. The Hall–Kier alpha value is -2.10. The van der Waals surface area contributed by atoms with Gasteiger partial charge in [0, 0.05) is 11.6 Å². The highest BCUT2D eigenvalue weighted by molar-refractivity contribution is 5.86. The van der Waals surface area contributed by atoms with E-state index in [-0.39, 0.29) is 11.8 Å². The summed E-state index contributed by atoms with van der Waals surface area (Å²) in [5.74, 6) is 1.91. The zero-order valence-corrected chi connectivity index (χ0v) is 14.3. The van der Waals surface area contributed by atoms with Crippen molar-refractivity contribution < 1.29 is 4.79 Å². The largest absolute Gasteiger partial charge is 0.352 e. The minimum atomic E-state index is -0.124. The van der Waals surface area contributed by atoms with Gasteiger partial charge in [0.25, 0.3) is 0 Å². The molecule has 1 amide bonds. The molecule has 2 aromatic rings. The van der Waals surface area contributed by atoms with Gasteiger partial charge in [0.05, 0.1) is 23.6 Å². The molecule has 0 radical (unpaired) electrons. The predicted octanol–water partition coefficient (Wildman–Crippen LogP) is 3.73. The summed E-state index contributed by atoms with van der Waals surface area (Å²) in [6.45, 7) is 4.61. The van der Waals surface area contributed by atoms with E-state index in [1.165, 1.54) is 12.8 Å². The SMILES string of the molecule is CC1CC(C)C2NC(=O)C(c3[nH]cnc3-c3ccccc3)CC2C1. The van der Waals surface area contributed by atoms with Gasteiger partial charge in [-0.1, -0.05) is 44.2 Å². The van der Waals surface area contributed by atoms with Gasteiger partial charge in [0.1, 0.15) is 0 Å². The summed E-state index contributed by atoms with van der Waals surface area (Å²) < 4.78 is 0. The van der Waals surface area contributed by atoms with Gasteiger partial charge in [-0.3, -0.25) is 4.79 Å². The number of aromatic nitrogens is 2. The lowest BCUT2D eigenvalue weighted by molar-refractivity contribution is -0.128. The maximum atomic E-state index is 12.8. The Kier molecular flexibility index (Phi) is 3.91. The van der Waals surface area contributed by atoms with Crippen molar-refractivity contribution in [3.05, 3.63) is 42.4 Å². The molecule has 5 atom stereocenters. The van der Waals surface area contributed by atoms with Crippen LogP contribution in [-0.2, 0) is 4.79 Å². The number of aromatic amines is 1. The van der Waals surface area contributed by atoms with E-state index in [4.69, 9.17) is 0 Å². The monoisotopic (exact) mass is 323 g/mol. The van der Waals surface area contributed by atoms with Crippen molar-refractivity contribution in [1.29, 1.82) is 0 Å². The first kappa shape index (κ1) is 15.4. The van der Waals surface area contributed by atoms with Gasteiger partial charge in [-0.05, 0) is 37.0 Å². The second-order valence-electron chi connectivity index (χ2n) is 7.67. The minimum Gasteiger partial charge on any atom is -0.352 e. The van der Waals surface area contributed by atoms with E-state index in [1.807, 2.05) is 30.3 Å². The molecule has 2 fully saturated rings. The van der Waals surface area contributed by atoms with Gasteiger partial charge in [-0.15, -0.1) is 0 Å². The van der Waals surface area contributed by atoms with Gasteiger partial charge >= 0.3 is 0 Å². The lowest BCUT2D eigenvalue weighted by atomic mass is 9.67. The van der Waals surface area contributed by atoms with E-state index in [0.29, 0.717) is 17.9 Å². The van der Waals surface area contributed by atoms with Crippen molar-refractivity contribution in [3.63, 3.8) is 0 Å². The number of hydrogen-bond acceptors (Lipinski definition) is 2. The highest BCUT2D eigenvalue weighted by Gasteiger charge is 2.43. The number of fused-ring (bicyclic) bond motifs is 1. The molecule has 4 nitrogen and oxygen atoms in total. The molecule has 1 saturated carbocycles. The quantitative estimate of drug-likeness (QED) is 0.884. The first-order valence-electron chi connectivity index (χ1n) is 9.02. The minimum absolute atomic E-state index is 0.124. The number of carbonyl (C=O) groups is 1. The Morgan fingerprint density at radius 1 is 1.08 bits per heavy atom. The predicted molar refractivity (Wildman–Crippen MR) is 94.4 cm³/mol. The molecule has 4 rings (SSSR count). The van der Waals surface area contributed by atoms with E-state index >= 15 is 0 Å². The van der Waals surface area contributed by atoms with Gasteiger partial charge in [-0.2, -0.15) is 0 Å². The second-order valence-corrected chi connectivity index (χ2v) is 7.67. The van der Waals surface area contributed by atoms with Crippen molar-refractivity contribution in [2.45, 2.75) is 45.1 Å². The van der Waals surface area contributed by atoms with Crippen LogP contribution in [0.25, 0.3) is 11.3 Å². The number of rotatable bonds is 2. The van der Waals surface area contributed by atoms with Crippen LogP contribution in [0.5, 0.6) is 0 Å². The maximum absolute atomic E-state index is 12.8. The molecule has 1 aliphatic carbocycles. The number of imidazole rings is 1. The average molecular weight is 323 g/mol. The third-order valence-corrected chi connectivity index (χ3v) is 5.83. The fraction of sp³-hybridized carbons (Fsp3) is 0.500. The summed E-state index contributed by atoms with van der Waals surface area (Å²) in [4.78, 5) is 20.5. The number of piperidine rings is 1. The lowest BCUT2D eigenvalue weighted by Crippen LogP contribution is -2.54. The van der Waals surface area contributed by atoms with Crippen molar-refractivity contribution in [3.8, 4) is 11.3 Å². The number of nitrogens with zero attached hydrogens (tertiary/aromatic N) is 1. The Bertz CT molecular complexity index is 723. The molecule has 4 heteroatoms. The number of amides is 1. The normalized spacial score (nSPS) is 32.9. The van der Waals surface area contributed by atoms with E-state index in [0.717, 1.165) is 29.3 Å². The van der Waals surface area contributed by atoms with Crippen LogP contribution in [0.4, 0.5) is 0 Å². The third-order valence-electron chi connectivity index (χ3n) is 5.83. The van der Waals surface area contributed by atoms with Crippen molar-refractivity contribution in [2.75, 3.05) is 0 Å². The molecule has 0 bridgehead atoms. The van der Waals surface area contributed by atoms with Crippen LogP contribution in [0, 0.1) is 17.8 Å². The molecule has 1 aromatic heterocycles. The Labute approximate surface area is 143 Å². The highest BCUT2D eigenvalue weighted by Crippen LogP contribution is 2.42. The lowest BCUT2D eigenvalue weighted by Gasteiger charge is -2.45. The summed E-state index contributed by atoms with van der Waals surface area (Å²) in [5.41, 5.74) is 2.93. The van der Waals surface area contributed by atoms with Crippen LogP contribution >= 0.6 is 0 Å². The van der Waals surface area contributed by atoms with E-state index in [2.05, 4.69) is 29.1 Å². The molecule has 1 saturated heterocycles. The summed E-state index contributed by atoms with van der Waals surface area (Å²) >= 11 is 0. The highest BCUT2D eigenvalue weighted by atomic mass is 16.2. The van der Waals surface area contributed by atoms with Gasteiger partial charge in [-0.25, -0.2) is 4.98 Å². The standard InChI is InChI=1S/C20H25N3O/c1-12-8-13(2)17-15(9-12)10-16(20(24)23-17)19-18(21-11-22-19)14-6-4-3-5-7-14/h3-7,11-13,15-17H,8-10H2,1-2H3,(H,21,22)(H,23,24). The van der Waals surface area contributed by atoms with Crippen LogP contribution in [-0.4, -0.2) is 21.9 Å². The average Bonchev–Trinajstić information content (AvgIpc) is 3.05. The Morgan fingerprint density at radius 3 is 2.67 bits per heavy atom. The molecule has 2 N–H and O–H groups in total. The Morgan fingerprint density at radius 2 is 1.88 bits per heavy atom. The van der Waals surface area contributed by atoms with Gasteiger partial charge < -0.3 is 10.3 Å². The molecule has 2 aliphatic rings. The number of benzene rings is 1. The number of H-pyrrole nitrogens is 1. The van der Waals surface area contributed by atoms with Crippen molar-refractivity contribution in [2.24, 2.45) is 17.8 Å². The van der Waals surface area contributed by atoms with Crippen LogP contribution in [0.15, 0.2) is 36.7 Å². The molecule has 24 heavy (non-hydrogen) atoms. The summed E-state index contributed by atoms with van der Waals surface area (Å²) in [5, 5.41) is 3.32. The molecule has 1 aromatic carbocycles. The van der Waals surface area contributed by atoms with Crippen molar-refractivity contribution >= 4 is 5.91 Å². The van der Waals surface area contributed by atoms with E-state index in [1.54, 1.807) is 6.33 Å². The first-order chi connectivity index (χ1) is 11.6. The van der Waals surface area contributed by atoms with Crippen LogP contribution in [0.2, 0.25) is 0 Å². The van der Waals surface area contributed by atoms with Crippen LogP contribution < -0.4 is 5.32 Å². The molecule has 2 heterocycles. The zero-order chi connectivity index (χ0) is 16.7. The number of carbonyl (C=O) groups excluding carboxylic acids is 1. The number of hydrogen-bond donors (Lipinski definition) is 2. The molecule has 1 aliphatic heterocycles. The van der Waals surface area contributed by atoms with Crippen LogP contribution in [0.3, 0.4) is 0 Å². The summed E-state index contributed by atoms with van der Waals surface area (Å²) in [6, 6.07) is 10.5. The molecule has 5 unspecified atom stereocenters. The second kappa shape index (κ2) is 6.08. The van der Waals surface area contributed by atoms with Gasteiger partial charge in [0.15, 0.2) is 0 Å². The smallest absolute Gasteiger partial charge is 0.229 e. The van der Waals surface area contributed by atoms with E-state index < -0.39 is 0 Å². The molecule has 0 spiro atoms. The Balaban J connectivity index is 1.64. The molecular formula is C20H25N3O. The number of nitrogens with one attached hydrogen (secondary N) is 2. The summed E-state index contributed by atoms with van der Waals surface area (Å²) in [7, 11) is 0. The van der Waals surface area contributed by atoms with Crippen molar-refractivity contribution in [1.82, 2.24) is 15.3 Å². The van der Waals surface area contributed by atoms with Gasteiger partial charge in [0.2, 0.25) is 5.91 Å². The third kappa shape index (κ3) is 2.64. The fourth-order valence-electron chi connectivity index (χ4n) is 4.83. The topological polar surface area (TPSA) is 57.8 Å². The van der Waals surface area contributed by atoms with Crippen LogP contribution in [0.1, 0.15) is 44.7 Å². The zero-order valence-electron chi connectivity index (χ0n) is 14.3. The maximum Gasteiger partial charge on any atom is 0.229 e.